The fourth-order valence-corrected chi connectivity index (χ4v) is 3.88. The highest BCUT2D eigenvalue weighted by atomic mass is 32.1. The first-order chi connectivity index (χ1) is 12.8. The van der Waals surface area contributed by atoms with Gasteiger partial charge in [-0.1, -0.05) is 25.3 Å². The molecular weight excluding hydrogens is 356 g/mol. The van der Waals surface area contributed by atoms with Gasteiger partial charge in [0.25, 0.3) is 0 Å². The zero-order valence-electron chi connectivity index (χ0n) is 15.4. The van der Waals surface area contributed by atoms with Crippen LogP contribution in [0.3, 0.4) is 0 Å². The quantitative estimate of drug-likeness (QED) is 0.459. The van der Waals surface area contributed by atoms with Gasteiger partial charge in [-0.3, -0.25) is 14.4 Å². The summed E-state index contributed by atoms with van der Waals surface area (Å²) in [7, 11) is 0. The molecule has 1 aromatic heterocycles. The lowest BCUT2D eigenvalue weighted by atomic mass is 10.0. The maximum absolute atomic E-state index is 13.0. The van der Waals surface area contributed by atoms with Crippen molar-refractivity contribution in [1.29, 1.82) is 0 Å². The fourth-order valence-electron chi connectivity index (χ4n) is 2.84. The lowest BCUT2D eigenvalue weighted by Crippen LogP contribution is -2.07. The number of carbonyl (C=O) groups excluding carboxylic acids is 2. The highest BCUT2D eigenvalue weighted by Crippen LogP contribution is 2.26. The number of carbonyl (C=O) groups is 2. The van der Waals surface area contributed by atoms with Crippen LogP contribution in [-0.2, 0) is 22.4 Å². The highest BCUT2D eigenvalue weighted by molar-refractivity contribution is 7.24. The molecule has 0 bridgehead atoms. The Balaban J connectivity index is 2.10. The summed E-state index contributed by atoms with van der Waals surface area (Å²) in [6.07, 6.45) is 0.473. The molecule has 1 heterocycles. The molecule has 0 fully saturated rings. The second-order valence-electron chi connectivity index (χ2n) is 6.85. The third-order valence-electron chi connectivity index (χ3n) is 4.48. The third-order valence-corrected chi connectivity index (χ3v) is 5.63. The van der Waals surface area contributed by atoms with E-state index in [4.69, 9.17) is 0 Å². The van der Waals surface area contributed by atoms with Gasteiger partial charge >= 0.3 is 0 Å². The van der Waals surface area contributed by atoms with E-state index < -0.39 is 0 Å². The van der Waals surface area contributed by atoms with Gasteiger partial charge in [-0.05, 0) is 60.4 Å². The van der Waals surface area contributed by atoms with Gasteiger partial charge in [0.2, 0.25) is 0 Å². The number of allylic oxidation sites excluding steroid dienone is 2. The Morgan fingerprint density at radius 2 is 1.22 bits per heavy atom. The zero-order chi connectivity index (χ0) is 19.7. The van der Waals surface area contributed by atoms with Crippen molar-refractivity contribution in [2.24, 2.45) is 0 Å². The fraction of sp³-hybridized carbons (Fsp3) is 0.174. The van der Waals surface area contributed by atoms with Gasteiger partial charge in [0.1, 0.15) is 0 Å². The molecule has 0 saturated carbocycles. The molecule has 2 aromatic carbocycles. The van der Waals surface area contributed by atoms with Gasteiger partial charge in [-0.15, -0.1) is 11.3 Å². The molecule has 0 aliphatic carbocycles. The second kappa shape index (κ2) is 7.41. The standard InChI is InChI=1S/C23H20O3S/c1-13(2)19(24)11-15-5-7-21-17(9-15)23(26)18-10-16(6-8-22(18)27-21)12-20(25)14(3)4/h5-10H,1,3,11-12H2,2,4H3. The van der Waals surface area contributed by atoms with Crippen LogP contribution in [0.4, 0.5) is 0 Å². The summed E-state index contributed by atoms with van der Waals surface area (Å²) in [5.74, 6) is -0.0706. The van der Waals surface area contributed by atoms with Crippen LogP contribution < -0.4 is 5.43 Å². The summed E-state index contributed by atoms with van der Waals surface area (Å²) in [6.45, 7) is 10.7. The highest BCUT2D eigenvalue weighted by Gasteiger charge is 2.11. The Morgan fingerprint density at radius 3 is 1.59 bits per heavy atom. The molecule has 0 N–H and O–H groups in total. The summed E-state index contributed by atoms with van der Waals surface area (Å²) >= 11 is 1.53. The molecule has 4 heteroatoms. The Hall–Kier alpha value is -2.85. The number of hydrogen-bond acceptors (Lipinski definition) is 4. The third kappa shape index (κ3) is 3.96. The van der Waals surface area contributed by atoms with Gasteiger partial charge in [0.15, 0.2) is 17.0 Å². The van der Waals surface area contributed by atoms with E-state index in [9.17, 15) is 14.4 Å². The molecule has 0 atom stereocenters. The molecule has 0 aliphatic rings. The molecule has 3 nitrogen and oxygen atoms in total. The number of rotatable bonds is 6. The SMILES string of the molecule is C=C(C)C(=O)Cc1ccc2sc3ccc(CC(=O)C(=C)C)cc3c(=O)c2c1. The average molecular weight is 376 g/mol. The predicted molar refractivity (Wildman–Crippen MR) is 113 cm³/mol. The molecular formula is C23H20O3S. The molecule has 0 saturated heterocycles. The molecule has 27 heavy (non-hydrogen) atoms. The number of fused-ring (bicyclic) bond motifs is 2. The van der Waals surface area contributed by atoms with Gasteiger partial charge < -0.3 is 0 Å². The minimum absolute atomic E-state index is 0.0353. The summed E-state index contributed by atoms with van der Waals surface area (Å²) in [5.41, 5.74) is 2.53. The van der Waals surface area contributed by atoms with E-state index in [0.29, 0.717) is 21.9 Å². The summed E-state index contributed by atoms with van der Waals surface area (Å²) in [6, 6.07) is 11.1. The number of ketones is 2. The molecule has 0 aliphatic heterocycles. The van der Waals surface area contributed by atoms with E-state index in [0.717, 1.165) is 20.5 Å². The van der Waals surface area contributed by atoms with Crippen molar-refractivity contribution in [1.82, 2.24) is 0 Å². The van der Waals surface area contributed by atoms with Crippen LogP contribution in [0.15, 0.2) is 65.5 Å². The Kier molecular flexibility index (Phi) is 5.19. The van der Waals surface area contributed by atoms with Gasteiger partial charge in [-0.25, -0.2) is 0 Å². The lowest BCUT2D eigenvalue weighted by Gasteiger charge is -2.06. The van der Waals surface area contributed by atoms with Crippen molar-refractivity contribution >= 4 is 43.1 Å². The van der Waals surface area contributed by atoms with E-state index in [1.807, 2.05) is 24.3 Å². The van der Waals surface area contributed by atoms with Crippen molar-refractivity contribution in [2.75, 3.05) is 0 Å². The normalized spacial score (nSPS) is 10.9. The van der Waals surface area contributed by atoms with Crippen molar-refractivity contribution in [3.8, 4) is 0 Å². The monoisotopic (exact) mass is 376 g/mol. The summed E-state index contributed by atoms with van der Waals surface area (Å²) < 4.78 is 1.76. The first-order valence-corrected chi connectivity index (χ1v) is 9.43. The molecule has 0 spiro atoms. The number of hydrogen-bond donors (Lipinski definition) is 0. The van der Waals surface area contributed by atoms with Crippen molar-refractivity contribution < 1.29 is 9.59 Å². The van der Waals surface area contributed by atoms with Crippen LogP contribution in [0, 0.1) is 0 Å². The van der Waals surface area contributed by atoms with E-state index in [1.54, 1.807) is 26.0 Å². The number of benzene rings is 2. The predicted octanol–water partition coefficient (Wildman–Crippen LogP) is 4.79. The zero-order valence-corrected chi connectivity index (χ0v) is 16.2. The van der Waals surface area contributed by atoms with Gasteiger partial charge in [0.05, 0.1) is 0 Å². The minimum Gasteiger partial charge on any atom is -0.294 e. The van der Waals surface area contributed by atoms with Crippen LogP contribution in [-0.4, -0.2) is 11.6 Å². The van der Waals surface area contributed by atoms with E-state index in [1.165, 1.54) is 11.3 Å². The van der Waals surface area contributed by atoms with E-state index in [-0.39, 0.29) is 29.8 Å². The molecule has 3 rings (SSSR count). The minimum atomic E-state index is -0.0759. The maximum Gasteiger partial charge on any atom is 0.195 e. The summed E-state index contributed by atoms with van der Waals surface area (Å²) in [5, 5.41) is 1.20. The smallest absolute Gasteiger partial charge is 0.195 e. The first kappa shape index (κ1) is 18.9. The largest absolute Gasteiger partial charge is 0.294 e. The Bertz CT molecular complexity index is 1090. The first-order valence-electron chi connectivity index (χ1n) is 8.62. The van der Waals surface area contributed by atoms with E-state index >= 15 is 0 Å². The maximum atomic E-state index is 13.0. The van der Waals surface area contributed by atoms with Crippen molar-refractivity contribution in [3.63, 3.8) is 0 Å². The van der Waals surface area contributed by atoms with Crippen LogP contribution in [0.25, 0.3) is 20.2 Å². The van der Waals surface area contributed by atoms with Crippen LogP contribution in [0.1, 0.15) is 25.0 Å². The van der Waals surface area contributed by atoms with Crippen molar-refractivity contribution in [3.05, 3.63) is 82.1 Å². The molecule has 3 aromatic rings. The molecule has 0 amide bonds. The Morgan fingerprint density at radius 1 is 0.815 bits per heavy atom. The van der Waals surface area contributed by atoms with Gasteiger partial charge in [0, 0.05) is 33.0 Å². The molecule has 136 valence electrons. The average Bonchev–Trinajstić information content (AvgIpc) is 2.62. The second-order valence-corrected chi connectivity index (χ2v) is 7.94. The summed E-state index contributed by atoms with van der Waals surface area (Å²) in [4.78, 5) is 36.9. The number of Topliss-reactive ketones (excluding diaryl/α,β-unsaturated/α-hetero) is 2. The van der Waals surface area contributed by atoms with Crippen LogP contribution >= 0.6 is 11.3 Å². The topological polar surface area (TPSA) is 51.2 Å². The lowest BCUT2D eigenvalue weighted by molar-refractivity contribution is -0.115. The van der Waals surface area contributed by atoms with Crippen LogP contribution in [0.5, 0.6) is 0 Å². The van der Waals surface area contributed by atoms with E-state index in [2.05, 4.69) is 13.2 Å². The van der Waals surface area contributed by atoms with Gasteiger partial charge in [-0.2, -0.15) is 0 Å². The van der Waals surface area contributed by atoms with Crippen molar-refractivity contribution in [2.45, 2.75) is 26.7 Å². The molecule has 0 radical (unpaired) electrons. The Labute approximate surface area is 161 Å². The molecule has 0 unspecified atom stereocenters. The van der Waals surface area contributed by atoms with Crippen LogP contribution in [0.2, 0.25) is 0 Å².